The SMILES string of the molecule is CCCN(CC(=O)Nc1cc(Cl)ccc1Cl)C(=O)CCN1CCSC1=O. The molecule has 2 rings (SSSR count). The predicted molar refractivity (Wildman–Crippen MR) is 106 cm³/mol. The Labute approximate surface area is 167 Å². The van der Waals surface area contributed by atoms with Crippen molar-refractivity contribution < 1.29 is 14.4 Å². The van der Waals surface area contributed by atoms with Crippen LogP contribution in [-0.2, 0) is 9.59 Å². The molecule has 0 aromatic heterocycles. The van der Waals surface area contributed by atoms with Gasteiger partial charge < -0.3 is 15.1 Å². The van der Waals surface area contributed by atoms with Crippen LogP contribution in [0.1, 0.15) is 19.8 Å². The van der Waals surface area contributed by atoms with Crippen LogP contribution in [0.4, 0.5) is 10.5 Å². The molecule has 9 heteroatoms. The monoisotopic (exact) mass is 417 g/mol. The molecule has 0 unspecified atom stereocenters. The van der Waals surface area contributed by atoms with Crippen molar-refractivity contribution in [2.45, 2.75) is 19.8 Å². The molecule has 142 valence electrons. The van der Waals surface area contributed by atoms with E-state index in [1.807, 2.05) is 6.92 Å². The number of hydrogen-bond acceptors (Lipinski definition) is 4. The summed E-state index contributed by atoms with van der Waals surface area (Å²) in [6, 6.07) is 4.79. The van der Waals surface area contributed by atoms with Gasteiger partial charge in [0.05, 0.1) is 17.3 Å². The molecule has 0 bridgehead atoms. The van der Waals surface area contributed by atoms with E-state index in [1.54, 1.807) is 23.1 Å². The maximum absolute atomic E-state index is 12.5. The fourth-order valence-electron chi connectivity index (χ4n) is 2.54. The summed E-state index contributed by atoms with van der Waals surface area (Å²) in [6.07, 6.45) is 0.937. The van der Waals surface area contributed by atoms with Crippen LogP contribution in [-0.4, -0.2) is 58.8 Å². The maximum Gasteiger partial charge on any atom is 0.281 e. The zero-order chi connectivity index (χ0) is 19.1. The Kier molecular flexibility index (Phi) is 8.06. The maximum atomic E-state index is 12.5. The first-order valence-corrected chi connectivity index (χ1v) is 10.1. The second-order valence-corrected chi connectivity index (χ2v) is 7.73. The van der Waals surface area contributed by atoms with Crippen LogP contribution >= 0.6 is 35.0 Å². The standard InChI is InChI=1S/C17H21Cl2N3O3S/c1-2-6-22(16(24)5-7-21-8-9-26-17(21)25)11-15(23)20-14-10-12(18)3-4-13(14)19/h3-4,10H,2,5-9,11H2,1H3,(H,20,23). The summed E-state index contributed by atoms with van der Waals surface area (Å²) < 4.78 is 0. The van der Waals surface area contributed by atoms with Gasteiger partial charge in [-0.15, -0.1) is 0 Å². The second kappa shape index (κ2) is 10.0. The number of carbonyl (C=O) groups excluding carboxylic acids is 3. The zero-order valence-electron chi connectivity index (χ0n) is 14.5. The average Bonchev–Trinajstić information content (AvgIpc) is 3.00. The van der Waals surface area contributed by atoms with Crippen molar-refractivity contribution in [2.75, 3.05) is 37.2 Å². The molecule has 0 radical (unpaired) electrons. The van der Waals surface area contributed by atoms with E-state index in [0.717, 1.165) is 12.2 Å². The molecular formula is C17H21Cl2N3O3S. The first-order chi connectivity index (χ1) is 12.4. The molecule has 3 amide bonds. The van der Waals surface area contributed by atoms with Gasteiger partial charge in [0.15, 0.2) is 0 Å². The van der Waals surface area contributed by atoms with Crippen LogP contribution in [0.2, 0.25) is 10.0 Å². The molecule has 0 aliphatic carbocycles. The van der Waals surface area contributed by atoms with Crippen molar-refractivity contribution in [3.05, 3.63) is 28.2 Å². The van der Waals surface area contributed by atoms with Crippen LogP contribution < -0.4 is 5.32 Å². The van der Waals surface area contributed by atoms with Gasteiger partial charge in [0.1, 0.15) is 0 Å². The largest absolute Gasteiger partial charge is 0.333 e. The minimum Gasteiger partial charge on any atom is -0.333 e. The average molecular weight is 418 g/mol. The van der Waals surface area contributed by atoms with Gasteiger partial charge in [-0.3, -0.25) is 14.4 Å². The van der Waals surface area contributed by atoms with Crippen LogP contribution in [0.25, 0.3) is 0 Å². The summed E-state index contributed by atoms with van der Waals surface area (Å²) in [5.74, 6) is 0.266. The van der Waals surface area contributed by atoms with Gasteiger partial charge in [-0.05, 0) is 24.6 Å². The van der Waals surface area contributed by atoms with Crippen molar-refractivity contribution in [3.63, 3.8) is 0 Å². The van der Waals surface area contributed by atoms with Crippen molar-refractivity contribution in [1.82, 2.24) is 9.80 Å². The Morgan fingerprint density at radius 3 is 2.77 bits per heavy atom. The van der Waals surface area contributed by atoms with Gasteiger partial charge in [0, 0.05) is 36.8 Å². The highest BCUT2D eigenvalue weighted by Gasteiger charge is 2.23. The lowest BCUT2D eigenvalue weighted by atomic mass is 10.3. The Morgan fingerprint density at radius 2 is 2.12 bits per heavy atom. The number of amides is 3. The number of benzene rings is 1. The van der Waals surface area contributed by atoms with E-state index >= 15 is 0 Å². The summed E-state index contributed by atoms with van der Waals surface area (Å²) >= 11 is 13.2. The third kappa shape index (κ3) is 6.07. The summed E-state index contributed by atoms with van der Waals surface area (Å²) in [4.78, 5) is 39.5. The summed E-state index contributed by atoms with van der Waals surface area (Å²) in [7, 11) is 0. The number of nitrogens with one attached hydrogen (secondary N) is 1. The molecule has 0 saturated carbocycles. The zero-order valence-corrected chi connectivity index (χ0v) is 16.8. The number of carbonyl (C=O) groups is 3. The van der Waals surface area contributed by atoms with Gasteiger partial charge in [-0.1, -0.05) is 41.9 Å². The Hall–Kier alpha value is -1.44. The summed E-state index contributed by atoms with van der Waals surface area (Å²) in [5.41, 5.74) is 0.410. The summed E-state index contributed by atoms with van der Waals surface area (Å²) in [6.45, 7) is 3.38. The van der Waals surface area contributed by atoms with E-state index in [9.17, 15) is 14.4 Å². The lowest BCUT2D eigenvalue weighted by molar-refractivity contribution is -0.134. The van der Waals surface area contributed by atoms with Gasteiger partial charge in [0.25, 0.3) is 5.24 Å². The predicted octanol–water partition coefficient (Wildman–Crippen LogP) is 3.73. The van der Waals surface area contributed by atoms with Crippen LogP contribution in [0, 0.1) is 0 Å². The van der Waals surface area contributed by atoms with Gasteiger partial charge >= 0.3 is 0 Å². The topological polar surface area (TPSA) is 69.7 Å². The van der Waals surface area contributed by atoms with E-state index in [4.69, 9.17) is 23.2 Å². The molecule has 1 N–H and O–H groups in total. The Balaban J connectivity index is 1.91. The van der Waals surface area contributed by atoms with Crippen molar-refractivity contribution in [2.24, 2.45) is 0 Å². The number of rotatable bonds is 8. The molecule has 0 spiro atoms. The Bertz CT molecular complexity index is 687. The van der Waals surface area contributed by atoms with Crippen molar-refractivity contribution >= 4 is 57.7 Å². The third-order valence-corrected chi connectivity index (χ3v) is 5.28. The normalized spacial score (nSPS) is 13.8. The molecule has 1 aliphatic rings. The minimum absolute atomic E-state index is 0.00758. The minimum atomic E-state index is -0.344. The van der Waals surface area contributed by atoms with E-state index < -0.39 is 0 Å². The number of hydrogen-bond donors (Lipinski definition) is 1. The molecular weight excluding hydrogens is 397 g/mol. The van der Waals surface area contributed by atoms with Crippen LogP contribution in [0.5, 0.6) is 0 Å². The van der Waals surface area contributed by atoms with E-state index in [-0.39, 0.29) is 30.0 Å². The van der Waals surface area contributed by atoms with E-state index in [2.05, 4.69) is 5.32 Å². The van der Waals surface area contributed by atoms with Gasteiger partial charge in [0.2, 0.25) is 11.8 Å². The molecule has 1 aliphatic heterocycles. The Morgan fingerprint density at radius 1 is 1.35 bits per heavy atom. The van der Waals surface area contributed by atoms with E-state index in [0.29, 0.717) is 35.4 Å². The lowest BCUT2D eigenvalue weighted by Gasteiger charge is -2.23. The van der Waals surface area contributed by atoms with Crippen molar-refractivity contribution in [1.29, 1.82) is 0 Å². The number of thioether (sulfide) groups is 1. The molecule has 0 atom stereocenters. The van der Waals surface area contributed by atoms with Crippen molar-refractivity contribution in [3.8, 4) is 0 Å². The first-order valence-electron chi connectivity index (χ1n) is 8.35. The highest BCUT2D eigenvalue weighted by Crippen LogP contribution is 2.25. The quantitative estimate of drug-likeness (QED) is 0.699. The molecule has 1 aromatic carbocycles. The van der Waals surface area contributed by atoms with Crippen LogP contribution in [0.3, 0.4) is 0 Å². The fraction of sp³-hybridized carbons (Fsp3) is 0.471. The number of halogens is 2. The molecule has 1 fully saturated rings. The first kappa shape index (κ1) is 20.9. The third-order valence-electron chi connectivity index (χ3n) is 3.82. The van der Waals surface area contributed by atoms with Crippen LogP contribution in [0.15, 0.2) is 18.2 Å². The van der Waals surface area contributed by atoms with E-state index in [1.165, 1.54) is 16.7 Å². The molecule has 26 heavy (non-hydrogen) atoms. The lowest BCUT2D eigenvalue weighted by Crippen LogP contribution is -2.40. The molecule has 1 saturated heterocycles. The second-order valence-electron chi connectivity index (χ2n) is 5.84. The fourth-order valence-corrected chi connectivity index (χ4v) is 3.72. The number of anilines is 1. The molecule has 1 aromatic rings. The van der Waals surface area contributed by atoms with Gasteiger partial charge in [-0.2, -0.15) is 0 Å². The number of nitrogens with zero attached hydrogens (tertiary/aromatic N) is 2. The van der Waals surface area contributed by atoms with Gasteiger partial charge in [-0.25, -0.2) is 0 Å². The molecule has 6 nitrogen and oxygen atoms in total. The molecule has 1 heterocycles. The highest BCUT2D eigenvalue weighted by atomic mass is 35.5. The smallest absolute Gasteiger partial charge is 0.281 e. The summed E-state index contributed by atoms with van der Waals surface area (Å²) in [5, 5.41) is 3.52. The highest BCUT2D eigenvalue weighted by molar-refractivity contribution is 8.13.